The second-order valence-corrected chi connectivity index (χ2v) is 6.59. The molecular formula is C15H17BrO3. The van der Waals surface area contributed by atoms with Crippen LogP contribution in [0.2, 0.25) is 0 Å². The van der Waals surface area contributed by atoms with Gasteiger partial charge in [0, 0.05) is 34.9 Å². The van der Waals surface area contributed by atoms with Crippen LogP contribution in [0.5, 0.6) is 11.5 Å². The summed E-state index contributed by atoms with van der Waals surface area (Å²) in [5, 5.41) is 9.91. The summed E-state index contributed by atoms with van der Waals surface area (Å²) in [5.74, 6) is 2.03. The standard InChI is InChI=1S/C15H17BrO3/c16-12-10-3-7-18-13(10)11(9-2-6-19-14(9)12)15(8-17)4-1-5-15/h17H,1-8H2. The largest absolute Gasteiger partial charge is 0.493 e. The van der Waals surface area contributed by atoms with Crippen molar-refractivity contribution in [1.29, 1.82) is 0 Å². The Labute approximate surface area is 121 Å². The molecule has 1 saturated carbocycles. The lowest BCUT2D eigenvalue weighted by molar-refractivity contribution is 0.116. The summed E-state index contributed by atoms with van der Waals surface area (Å²) in [7, 11) is 0. The smallest absolute Gasteiger partial charge is 0.137 e. The average Bonchev–Trinajstić information content (AvgIpc) is 3.01. The predicted octanol–water partition coefficient (Wildman–Crippen LogP) is 2.73. The van der Waals surface area contributed by atoms with Gasteiger partial charge in [-0.15, -0.1) is 0 Å². The Kier molecular flexibility index (Phi) is 2.61. The van der Waals surface area contributed by atoms with Crippen LogP contribution in [0.4, 0.5) is 0 Å². The molecule has 3 nitrogen and oxygen atoms in total. The van der Waals surface area contributed by atoms with Gasteiger partial charge in [0.25, 0.3) is 0 Å². The fourth-order valence-electron chi connectivity index (χ4n) is 3.70. The van der Waals surface area contributed by atoms with E-state index >= 15 is 0 Å². The minimum absolute atomic E-state index is 0.0765. The van der Waals surface area contributed by atoms with Gasteiger partial charge < -0.3 is 14.6 Å². The van der Waals surface area contributed by atoms with Crippen LogP contribution in [-0.4, -0.2) is 24.9 Å². The molecule has 102 valence electrons. The predicted molar refractivity (Wildman–Crippen MR) is 75.2 cm³/mol. The van der Waals surface area contributed by atoms with Gasteiger partial charge in [0.1, 0.15) is 11.5 Å². The van der Waals surface area contributed by atoms with Gasteiger partial charge in [-0.2, -0.15) is 0 Å². The van der Waals surface area contributed by atoms with E-state index in [1.165, 1.54) is 23.1 Å². The molecule has 19 heavy (non-hydrogen) atoms. The summed E-state index contributed by atoms with van der Waals surface area (Å²) >= 11 is 3.68. The summed E-state index contributed by atoms with van der Waals surface area (Å²) in [4.78, 5) is 0. The van der Waals surface area contributed by atoms with Crippen molar-refractivity contribution in [3.05, 3.63) is 21.2 Å². The molecule has 0 saturated heterocycles. The zero-order valence-corrected chi connectivity index (χ0v) is 12.4. The van der Waals surface area contributed by atoms with Crippen molar-refractivity contribution in [2.75, 3.05) is 19.8 Å². The molecule has 0 unspecified atom stereocenters. The highest BCUT2D eigenvalue weighted by Crippen LogP contribution is 2.55. The number of benzene rings is 1. The van der Waals surface area contributed by atoms with Crippen molar-refractivity contribution in [3.8, 4) is 11.5 Å². The lowest BCUT2D eigenvalue weighted by atomic mass is 9.63. The average molecular weight is 325 g/mol. The highest BCUT2D eigenvalue weighted by molar-refractivity contribution is 9.10. The van der Waals surface area contributed by atoms with Gasteiger partial charge in [-0.05, 0) is 28.8 Å². The molecule has 2 heterocycles. The van der Waals surface area contributed by atoms with Crippen molar-refractivity contribution < 1.29 is 14.6 Å². The number of aliphatic hydroxyl groups excluding tert-OH is 1. The Morgan fingerprint density at radius 1 is 1.05 bits per heavy atom. The van der Waals surface area contributed by atoms with E-state index in [0.29, 0.717) is 0 Å². The molecule has 1 aromatic carbocycles. The fraction of sp³-hybridized carbons (Fsp3) is 0.600. The van der Waals surface area contributed by atoms with Gasteiger partial charge in [-0.25, -0.2) is 0 Å². The SMILES string of the molecule is OCC1(c2c3c(c(Br)c4c2OCC4)OCC3)CCC1. The third-order valence-electron chi connectivity index (χ3n) is 4.88. The number of ether oxygens (including phenoxy) is 2. The van der Waals surface area contributed by atoms with Crippen molar-refractivity contribution in [2.24, 2.45) is 0 Å². The lowest BCUT2D eigenvalue weighted by Crippen LogP contribution is -2.39. The van der Waals surface area contributed by atoms with Crippen LogP contribution < -0.4 is 9.47 Å². The second-order valence-electron chi connectivity index (χ2n) is 5.79. The van der Waals surface area contributed by atoms with E-state index in [4.69, 9.17) is 9.47 Å². The monoisotopic (exact) mass is 324 g/mol. The van der Waals surface area contributed by atoms with Gasteiger partial charge in [-0.3, -0.25) is 0 Å². The third-order valence-corrected chi connectivity index (χ3v) is 5.72. The normalized spacial score (nSPS) is 22.2. The molecule has 0 radical (unpaired) electrons. The van der Waals surface area contributed by atoms with Crippen molar-refractivity contribution in [2.45, 2.75) is 37.5 Å². The fourth-order valence-corrected chi connectivity index (χ4v) is 4.44. The van der Waals surface area contributed by atoms with Crippen molar-refractivity contribution >= 4 is 15.9 Å². The Balaban J connectivity index is 2.00. The van der Waals surface area contributed by atoms with E-state index in [0.717, 1.165) is 54.9 Å². The Bertz CT molecular complexity index is 508. The zero-order chi connectivity index (χ0) is 13.0. The highest BCUT2D eigenvalue weighted by atomic mass is 79.9. The number of halogens is 1. The number of aliphatic hydroxyl groups is 1. The van der Waals surface area contributed by atoms with Gasteiger partial charge >= 0.3 is 0 Å². The highest BCUT2D eigenvalue weighted by Gasteiger charge is 2.45. The topological polar surface area (TPSA) is 38.7 Å². The van der Waals surface area contributed by atoms with E-state index in [9.17, 15) is 5.11 Å². The maximum Gasteiger partial charge on any atom is 0.137 e. The van der Waals surface area contributed by atoms with Crippen LogP contribution in [0.1, 0.15) is 36.0 Å². The van der Waals surface area contributed by atoms with Gasteiger partial charge in [-0.1, -0.05) is 6.42 Å². The molecule has 1 N–H and O–H groups in total. The summed E-state index contributed by atoms with van der Waals surface area (Å²) in [6, 6.07) is 0. The molecule has 1 aromatic rings. The first kappa shape index (κ1) is 12.0. The Morgan fingerprint density at radius 2 is 1.74 bits per heavy atom. The molecule has 0 amide bonds. The molecule has 1 fully saturated rings. The molecule has 3 aliphatic rings. The zero-order valence-electron chi connectivity index (χ0n) is 10.8. The quantitative estimate of drug-likeness (QED) is 0.909. The molecule has 0 aromatic heterocycles. The number of hydrogen-bond donors (Lipinski definition) is 1. The number of fused-ring (bicyclic) bond motifs is 2. The molecule has 0 bridgehead atoms. The van der Waals surface area contributed by atoms with E-state index in [1.54, 1.807) is 0 Å². The Hall–Kier alpha value is -0.740. The summed E-state index contributed by atoms with van der Waals surface area (Å²) in [6.07, 6.45) is 5.19. The summed E-state index contributed by atoms with van der Waals surface area (Å²) in [6.45, 7) is 1.70. The lowest BCUT2D eigenvalue weighted by Gasteiger charge is -2.42. The van der Waals surface area contributed by atoms with Crippen molar-refractivity contribution in [3.63, 3.8) is 0 Å². The Morgan fingerprint density at radius 3 is 2.37 bits per heavy atom. The van der Waals surface area contributed by atoms with Crippen LogP contribution in [0.3, 0.4) is 0 Å². The van der Waals surface area contributed by atoms with Crippen LogP contribution in [0.15, 0.2) is 4.47 Å². The molecule has 4 rings (SSSR count). The second kappa shape index (κ2) is 4.13. The third kappa shape index (κ3) is 1.47. The first-order valence-electron chi connectivity index (χ1n) is 7.01. The molecule has 0 spiro atoms. The van der Waals surface area contributed by atoms with Gasteiger partial charge in [0.2, 0.25) is 0 Å². The first-order valence-corrected chi connectivity index (χ1v) is 7.80. The molecule has 2 aliphatic heterocycles. The molecule has 4 heteroatoms. The molecule has 0 atom stereocenters. The molecule has 1 aliphatic carbocycles. The number of rotatable bonds is 2. The summed E-state index contributed by atoms with van der Waals surface area (Å²) < 4.78 is 12.8. The first-order chi connectivity index (χ1) is 9.27. The van der Waals surface area contributed by atoms with Gasteiger partial charge in [0.05, 0.1) is 24.3 Å². The van der Waals surface area contributed by atoms with E-state index in [2.05, 4.69) is 15.9 Å². The maximum absolute atomic E-state index is 9.91. The van der Waals surface area contributed by atoms with Gasteiger partial charge in [0.15, 0.2) is 0 Å². The minimum atomic E-state index is -0.0765. The van der Waals surface area contributed by atoms with E-state index in [-0.39, 0.29) is 12.0 Å². The molecular weight excluding hydrogens is 308 g/mol. The van der Waals surface area contributed by atoms with Crippen LogP contribution >= 0.6 is 15.9 Å². The van der Waals surface area contributed by atoms with Crippen LogP contribution in [0.25, 0.3) is 0 Å². The van der Waals surface area contributed by atoms with Crippen LogP contribution in [-0.2, 0) is 18.3 Å². The number of hydrogen-bond acceptors (Lipinski definition) is 3. The van der Waals surface area contributed by atoms with E-state index in [1.807, 2.05) is 0 Å². The minimum Gasteiger partial charge on any atom is -0.493 e. The maximum atomic E-state index is 9.91. The van der Waals surface area contributed by atoms with Crippen LogP contribution in [0, 0.1) is 0 Å². The van der Waals surface area contributed by atoms with E-state index < -0.39 is 0 Å². The summed E-state index contributed by atoms with van der Waals surface area (Å²) in [5.41, 5.74) is 3.67. The van der Waals surface area contributed by atoms with Crippen molar-refractivity contribution in [1.82, 2.24) is 0 Å².